The van der Waals surface area contributed by atoms with Crippen LogP contribution in [0.4, 0.5) is 5.69 Å². The molecule has 2 aromatic rings. The standard InChI is InChI=1S/C15H21N3O2S2/c1-10(9-22(19,20)18(2)3)16-12-6-7-13-14(8-12)21-15(17-13)11-4-5-11/h6-8,10-11,16H,4-5,9H2,1-3H3. The lowest BCUT2D eigenvalue weighted by molar-refractivity contribution is 0.517. The van der Waals surface area contributed by atoms with Crippen LogP contribution >= 0.6 is 11.3 Å². The van der Waals surface area contributed by atoms with Gasteiger partial charge in [-0.05, 0) is 38.0 Å². The predicted molar refractivity (Wildman–Crippen MR) is 92.2 cm³/mol. The highest BCUT2D eigenvalue weighted by atomic mass is 32.2. The number of benzene rings is 1. The van der Waals surface area contributed by atoms with Crippen molar-refractivity contribution in [2.45, 2.75) is 31.7 Å². The summed E-state index contributed by atoms with van der Waals surface area (Å²) in [7, 11) is -0.0771. The molecule has 7 heteroatoms. The third kappa shape index (κ3) is 3.42. The van der Waals surface area contributed by atoms with Gasteiger partial charge in [-0.15, -0.1) is 11.3 Å². The highest BCUT2D eigenvalue weighted by Gasteiger charge is 2.27. The Balaban J connectivity index is 1.73. The maximum Gasteiger partial charge on any atom is 0.215 e. The lowest BCUT2D eigenvalue weighted by Crippen LogP contribution is -2.33. The summed E-state index contributed by atoms with van der Waals surface area (Å²) in [6.45, 7) is 1.88. The van der Waals surface area contributed by atoms with E-state index in [9.17, 15) is 8.42 Å². The van der Waals surface area contributed by atoms with Gasteiger partial charge >= 0.3 is 0 Å². The number of aromatic nitrogens is 1. The van der Waals surface area contributed by atoms with E-state index in [0.29, 0.717) is 5.92 Å². The van der Waals surface area contributed by atoms with Gasteiger partial charge in [0, 0.05) is 31.7 Å². The Morgan fingerprint density at radius 3 is 2.77 bits per heavy atom. The fourth-order valence-corrected chi connectivity index (χ4v) is 4.52. The molecule has 1 heterocycles. The van der Waals surface area contributed by atoms with Crippen molar-refractivity contribution >= 4 is 37.3 Å². The van der Waals surface area contributed by atoms with Crippen LogP contribution in [0.5, 0.6) is 0 Å². The monoisotopic (exact) mass is 339 g/mol. The molecule has 1 atom stereocenters. The molecule has 0 saturated heterocycles. The molecule has 0 aliphatic heterocycles. The zero-order chi connectivity index (χ0) is 15.9. The van der Waals surface area contributed by atoms with Gasteiger partial charge in [-0.1, -0.05) is 0 Å². The van der Waals surface area contributed by atoms with E-state index < -0.39 is 10.0 Å². The number of nitrogens with one attached hydrogen (secondary N) is 1. The minimum atomic E-state index is -3.20. The summed E-state index contributed by atoms with van der Waals surface area (Å²) < 4.78 is 26.2. The third-order valence-corrected chi connectivity index (χ3v) is 6.98. The molecule has 1 N–H and O–H groups in total. The molecule has 120 valence electrons. The molecule has 0 radical (unpaired) electrons. The number of fused-ring (bicyclic) bond motifs is 1. The molecule has 1 saturated carbocycles. The topological polar surface area (TPSA) is 62.3 Å². The second kappa shape index (κ2) is 5.79. The van der Waals surface area contributed by atoms with Crippen molar-refractivity contribution < 1.29 is 8.42 Å². The van der Waals surface area contributed by atoms with E-state index in [4.69, 9.17) is 0 Å². The summed E-state index contributed by atoms with van der Waals surface area (Å²) >= 11 is 1.75. The molecule has 1 fully saturated rings. The van der Waals surface area contributed by atoms with Crippen LogP contribution in [0.1, 0.15) is 30.7 Å². The average molecular weight is 339 g/mol. The van der Waals surface area contributed by atoms with Crippen molar-refractivity contribution in [2.75, 3.05) is 25.2 Å². The largest absolute Gasteiger partial charge is 0.381 e. The van der Waals surface area contributed by atoms with Crippen LogP contribution < -0.4 is 5.32 Å². The SMILES string of the molecule is CC(CS(=O)(=O)N(C)C)Nc1ccc2nc(C3CC3)sc2c1. The Morgan fingerprint density at radius 1 is 1.41 bits per heavy atom. The normalized spacial score (nSPS) is 17.1. The molecule has 0 amide bonds. The van der Waals surface area contributed by atoms with Crippen LogP contribution in [0.25, 0.3) is 10.2 Å². The fourth-order valence-electron chi connectivity index (χ4n) is 2.33. The Bertz CT molecular complexity index is 779. The second-order valence-corrected chi connectivity index (χ2v) is 9.40. The maximum atomic E-state index is 11.9. The lowest BCUT2D eigenvalue weighted by atomic mass is 10.2. The van der Waals surface area contributed by atoms with Crippen LogP contribution in [0, 0.1) is 0 Å². The second-order valence-electron chi connectivity index (χ2n) is 6.12. The molecule has 1 aromatic heterocycles. The van der Waals surface area contributed by atoms with Gasteiger partial charge in [0.05, 0.1) is 21.0 Å². The molecule has 1 aliphatic rings. The molecule has 1 aromatic carbocycles. The molecule has 22 heavy (non-hydrogen) atoms. The van der Waals surface area contributed by atoms with Crippen LogP contribution in [-0.4, -0.2) is 43.6 Å². The van der Waals surface area contributed by atoms with Crippen molar-refractivity contribution in [1.82, 2.24) is 9.29 Å². The van der Waals surface area contributed by atoms with Crippen LogP contribution in [0.2, 0.25) is 0 Å². The summed E-state index contributed by atoms with van der Waals surface area (Å²) in [4.78, 5) is 4.67. The highest BCUT2D eigenvalue weighted by molar-refractivity contribution is 7.89. The summed E-state index contributed by atoms with van der Waals surface area (Å²) in [5.41, 5.74) is 1.98. The molecule has 0 bridgehead atoms. The Morgan fingerprint density at radius 2 is 2.14 bits per heavy atom. The van der Waals surface area contributed by atoms with Gasteiger partial charge in [0.15, 0.2) is 0 Å². The maximum absolute atomic E-state index is 11.9. The first-order valence-electron chi connectivity index (χ1n) is 7.42. The molecular weight excluding hydrogens is 318 g/mol. The van der Waals surface area contributed by atoms with E-state index in [2.05, 4.69) is 16.4 Å². The molecular formula is C15H21N3O2S2. The molecule has 5 nitrogen and oxygen atoms in total. The van der Waals surface area contributed by atoms with E-state index in [0.717, 1.165) is 15.9 Å². The van der Waals surface area contributed by atoms with Crippen molar-refractivity contribution in [1.29, 1.82) is 0 Å². The minimum absolute atomic E-state index is 0.0774. The predicted octanol–water partition coefficient (Wildman–Crippen LogP) is 2.87. The number of sulfonamides is 1. The lowest BCUT2D eigenvalue weighted by Gasteiger charge is -2.18. The van der Waals surface area contributed by atoms with Gasteiger partial charge < -0.3 is 5.32 Å². The smallest absolute Gasteiger partial charge is 0.215 e. The van der Waals surface area contributed by atoms with Crippen molar-refractivity contribution in [3.05, 3.63) is 23.2 Å². The first-order valence-corrected chi connectivity index (χ1v) is 9.85. The van der Waals surface area contributed by atoms with E-state index in [1.807, 2.05) is 19.1 Å². The van der Waals surface area contributed by atoms with Gasteiger partial charge in [-0.25, -0.2) is 17.7 Å². The van der Waals surface area contributed by atoms with Crippen LogP contribution in [0.3, 0.4) is 0 Å². The summed E-state index contributed by atoms with van der Waals surface area (Å²) in [5, 5.41) is 4.50. The van der Waals surface area contributed by atoms with Crippen molar-refractivity contribution in [3.63, 3.8) is 0 Å². The zero-order valence-corrected chi connectivity index (χ0v) is 14.7. The Hall–Kier alpha value is -1.18. The molecule has 1 aliphatic carbocycles. The zero-order valence-electron chi connectivity index (χ0n) is 13.0. The number of thiazole rings is 1. The van der Waals surface area contributed by atoms with Crippen molar-refractivity contribution in [3.8, 4) is 0 Å². The first-order chi connectivity index (χ1) is 10.3. The quantitative estimate of drug-likeness (QED) is 0.879. The van der Waals surface area contributed by atoms with Gasteiger partial charge in [0.1, 0.15) is 0 Å². The van der Waals surface area contributed by atoms with Crippen LogP contribution in [-0.2, 0) is 10.0 Å². The highest BCUT2D eigenvalue weighted by Crippen LogP contribution is 2.43. The number of hydrogen-bond acceptors (Lipinski definition) is 5. The molecule has 0 spiro atoms. The van der Waals surface area contributed by atoms with E-state index in [1.54, 1.807) is 25.4 Å². The number of nitrogens with zero attached hydrogens (tertiary/aromatic N) is 2. The van der Waals surface area contributed by atoms with Crippen LogP contribution in [0.15, 0.2) is 18.2 Å². The summed E-state index contributed by atoms with van der Waals surface area (Å²) in [6, 6.07) is 5.89. The van der Waals surface area contributed by atoms with E-state index >= 15 is 0 Å². The molecule has 3 rings (SSSR count). The van der Waals surface area contributed by atoms with Gasteiger partial charge in [0.25, 0.3) is 0 Å². The van der Waals surface area contributed by atoms with E-state index in [-0.39, 0.29) is 11.8 Å². The van der Waals surface area contributed by atoms with Crippen molar-refractivity contribution in [2.24, 2.45) is 0 Å². The summed E-state index contributed by atoms with van der Waals surface area (Å²) in [5.74, 6) is 0.742. The van der Waals surface area contributed by atoms with Gasteiger partial charge in [0.2, 0.25) is 10.0 Å². The minimum Gasteiger partial charge on any atom is -0.381 e. The molecule has 1 unspecified atom stereocenters. The average Bonchev–Trinajstić information content (AvgIpc) is 3.18. The Kier molecular flexibility index (Phi) is 4.13. The van der Waals surface area contributed by atoms with Gasteiger partial charge in [-0.2, -0.15) is 0 Å². The first kappa shape index (κ1) is 15.7. The summed E-state index contributed by atoms with van der Waals surface area (Å²) in [6.07, 6.45) is 2.51. The van der Waals surface area contributed by atoms with E-state index in [1.165, 1.54) is 22.2 Å². The number of rotatable bonds is 6. The number of hydrogen-bond donors (Lipinski definition) is 1. The fraction of sp³-hybridized carbons (Fsp3) is 0.533. The number of anilines is 1. The Labute approximate surface area is 135 Å². The van der Waals surface area contributed by atoms with Gasteiger partial charge in [-0.3, -0.25) is 0 Å². The third-order valence-electron chi connectivity index (χ3n) is 3.76.